The Morgan fingerprint density at radius 2 is 1.67 bits per heavy atom. The largest absolute Gasteiger partial charge is 0.438 e. The molecule has 5 rings (SSSR count). The second kappa shape index (κ2) is 8.03. The lowest BCUT2D eigenvalue weighted by Gasteiger charge is -2.30. The molecular formula is C27H28N4O2. The fourth-order valence-electron chi connectivity index (χ4n) is 5.27. The smallest absolute Gasteiger partial charge is 0.360 e. The van der Waals surface area contributed by atoms with Crippen molar-refractivity contribution in [1.29, 1.82) is 0 Å². The van der Waals surface area contributed by atoms with E-state index in [0.717, 1.165) is 53.0 Å². The first-order chi connectivity index (χ1) is 16.1. The first kappa shape index (κ1) is 21.2. The summed E-state index contributed by atoms with van der Waals surface area (Å²) in [7, 11) is 0. The number of para-hydroxylation sites is 1. The van der Waals surface area contributed by atoms with Crippen LogP contribution in [0.25, 0.3) is 10.9 Å². The molecule has 168 valence electrons. The summed E-state index contributed by atoms with van der Waals surface area (Å²) in [5, 5.41) is 1.05. The Kier molecular flexibility index (Phi) is 5.16. The summed E-state index contributed by atoms with van der Waals surface area (Å²) >= 11 is 0. The number of benzene rings is 2. The van der Waals surface area contributed by atoms with Crippen LogP contribution >= 0.6 is 0 Å². The lowest BCUT2D eigenvalue weighted by Crippen LogP contribution is -2.31. The zero-order chi connectivity index (χ0) is 23.2. The minimum Gasteiger partial charge on any atom is -0.438 e. The van der Waals surface area contributed by atoms with Crippen LogP contribution in [0.3, 0.4) is 0 Å². The molecule has 1 atom stereocenters. The Balaban J connectivity index is 1.84. The number of aryl methyl sites for hydroxylation is 1. The average Bonchev–Trinajstić information content (AvgIpc) is 3.31. The number of hydrogen-bond acceptors (Lipinski definition) is 5. The van der Waals surface area contributed by atoms with E-state index in [0.29, 0.717) is 5.69 Å². The second-order valence-electron chi connectivity index (χ2n) is 8.27. The third-order valence-electron chi connectivity index (χ3n) is 6.77. The van der Waals surface area contributed by atoms with E-state index in [1.807, 2.05) is 12.1 Å². The summed E-state index contributed by atoms with van der Waals surface area (Å²) in [6, 6.07) is 16.6. The van der Waals surface area contributed by atoms with Crippen molar-refractivity contribution in [2.24, 2.45) is 0 Å². The molecule has 3 heterocycles. The van der Waals surface area contributed by atoms with Crippen LogP contribution in [0.1, 0.15) is 53.8 Å². The van der Waals surface area contributed by atoms with Crippen LogP contribution in [0, 0.1) is 6.92 Å². The van der Waals surface area contributed by atoms with Crippen molar-refractivity contribution in [1.82, 2.24) is 14.5 Å². The first-order valence-corrected chi connectivity index (χ1v) is 11.5. The Hall–Kier alpha value is -3.67. The number of hydrogen-bond donors (Lipinski definition) is 0. The fraction of sp³-hybridized carbons (Fsp3) is 0.296. The van der Waals surface area contributed by atoms with Gasteiger partial charge in [0.1, 0.15) is 5.69 Å². The van der Waals surface area contributed by atoms with Gasteiger partial charge < -0.3 is 14.2 Å². The Labute approximate surface area is 193 Å². The number of nitrogens with zero attached hydrogens (tertiary/aromatic N) is 4. The summed E-state index contributed by atoms with van der Waals surface area (Å²) < 4.78 is 8.56. The predicted octanol–water partition coefficient (Wildman–Crippen LogP) is 5.07. The number of carbonyl (C=O) groups excluding carboxylic acids is 1. The highest BCUT2D eigenvalue weighted by Crippen LogP contribution is 2.49. The van der Waals surface area contributed by atoms with Gasteiger partial charge in [-0.15, -0.1) is 0 Å². The zero-order valence-electron chi connectivity index (χ0n) is 19.5. The van der Waals surface area contributed by atoms with Crippen molar-refractivity contribution < 1.29 is 9.53 Å². The maximum atomic E-state index is 13.1. The van der Waals surface area contributed by atoms with Crippen molar-refractivity contribution in [3.63, 3.8) is 0 Å². The minimum atomic E-state index is -1.16. The van der Waals surface area contributed by atoms with Crippen LogP contribution in [0.5, 0.6) is 0 Å². The molecule has 6 nitrogen and oxygen atoms in total. The highest BCUT2D eigenvalue weighted by Gasteiger charge is 2.53. The Morgan fingerprint density at radius 3 is 2.36 bits per heavy atom. The van der Waals surface area contributed by atoms with Gasteiger partial charge in [0, 0.05) is 65.4 Å². The van der Waals surface area contributed by atoms with E-state index >= 15 is 0 Å². The van der Waals surface area contributed by atoms with Gasteiger partial charge in [-0.25, -0.2) is 9.78 Å². The normalized spacial score (nSPS) is 17.3. The average molecular weight is 441 g/mol. The van der Waals surface area contributed by atoms with Gasteiger partial charge in [-0.2, -0.15) is 0 Å². The van der Waals surface area contributed by atoms with E-state index in [2.05, 4.69) is 83.5 Å². The van der Waals surface area contributed by atoms with E-state index < -0.39 is 11.6 Å². The predicted molar refractivity (Wildman–Crippen MR) is 130 cm³/mol. The van der Waals surface area contributed by atoms with Crippen LogP contribution < -0.4 is 4.90 Å². The molecule has 2 aromatic carbocycles. The molecule has 1 unspecified atom stereocenters. The summed E-state index contributed by atoms with van der Waals surface area (Å²) in [4.78, 5) is 24.4. The van der Waals surface area contributed by atoms with Gasteiger partial charge >= 0.3 is 5.97 Å². The van der Waals surface area contributed by atoms with Gasteiger partial charge in [-0.1, -0.05) is 30.3 Å². The standard InChI is InChI=1S/C27H28N4O2/c1-5-30(6-2)20-14-12-19(13-15-20)27(25-24(26(32)33-27)28-16-17-29-25)23-18(4)31(7-3)22-11-9-8-10-21(22)23/h8-17H,5-7H2,1-4H3. The van der Waals surface area contributed by atoms with Crippen molar-refractivity contribution in [2.75, 3.05) is 18.0 Å². The third kappa shape index (κ3) is 2.97. The maximum Gasteiger partial charge on any atom is 0.360 e. The van der Waals surface area contributed by atoms with E-state index in [1.54, 1.807) is 12.4 Å². The minimum absolute atomic E-state index is 0.276. The van der Waals surface area contributed by atoms with E-state index in [-0.39, 0.29) is 5.69 Å². The highest BCUT2D eigenvalue weighted by atomic mass is 16.6. The second-order valence-corrected chi connectivity index (χ2v) is 8.27. The Morgan fingerprint density at radius 1 is 0.970 bits per heavy atom. The molecule has 2 aromatic heterocycles. The van der Waals surface area contributed by atoms with Crippen molar-refractivity contribution in [3.8, 4) is 0 Å². The van der Waals surface area contributed by atoms with Crippen molar-refractivity contribution >= 4 is 22.6 Å². The van der Waals surface area contributed by atoms with Gasteiger partial charge in [-0.05, 0) is 45.9 Å². The molecule has 1 aliphatic rings. The van der Waals surface area contributed by atoms with Crippen molar-refractivity contribution in [2.45, 2.75) is 39.8 Å². The number of fused-ring (bicyclic) bond motifs is 2. The number of aromatic nitrogens is 3. The third-order valence-corrected chi connectivity index (χ3v) is 6.77. The van der Waals surface area contributed by atoms with E-state index in [4.69, 9.17) is 4.74 Å². The van der Waals surface area contributed by atoms with Crippen LogP contribution in [0.2, 0.25) is 0 Å². The summed E-state index contributed by atoms with van der Waals surface area (Å²) in [6.07, 6.45) is 3.18. The Bertz CT molecular complexity index is 1340. The number of carbonyl (C=O) groups is 1. The quantitative estimate of drug-likeness (QED) is 0.392. The van der Waals surface area contributed by atoms with Gasteiger partial charge in [0.05, 0.1) is 0 Å². The fourth-order valence-corrected chi connectivity index (χ4v) is 5.27. The number of ether oxygens (including phenoxy) is 1. The van der Waals surface area contributed by atoms with Crippen LogP contribution in [0.15, 0.2) is 60.9 Å². The molecule has 0 radical (unpaired) electrons. The molecule has 0 saturated heterocycles. The summed E-state index contributed by atoms with van der Waals surface area (Å²) in [5.74, 6) is -0.446. The molecule has 6 heteroatoms. The molecule has 0 saturated carbocycles. The SMILES string of the molecule is CCN(CC)c1ccc(C2(c3c(C)n(CC)c4ccccc34)OC(=O)c3nccnc32)cc1. The van der Waals surface area contributed by atoms with Crippen molar-refractivity contribution in [3.05, 3.63) is 89.1 Å². The molecule has 0 bridgehead atoms. The van der Waals surface area contributed by atoms with Crippen LogP contribution in [0.4, 0.5) is 5.69 Å². The number of esters is 1. The topological polar surface area (TPSA) is 60.2 Å². The number of cyclic esters (lactones) is 1. The molecule has 4 aromatic rings. The maximum absolute atomic E-state index is 13.1. The number of anilines is 1. The van der Waals surface area contributed by atoms with Gasteiger partial charge in [0.25, 0.3) is 0 Å². The van der Waals surface area contributed by atoms with E-state index in [1.165, 1.54) is 0 Å². The monoisotopic (exact) mass is 440 g/mol. The molecule has 0 aliphatic carbocycles. The van der Waals surface area contributed by atoms with E-state index in [9.17, 15) is 4.79 Å². The molecule has 0 amide bonds. The zero-order valence-corrected chi connectivity index (χ0v) is 19.5. The number of rotatable bonds is 6. The molecule has 33 heavy (non-hydrogen) atoms. The highest BCUT2D eigenvalue weighted by molar-refractivity contribution is 5.96. The van der Waals surface area contributed by atoms with Gasteiger partial charge in [0.2, 0.25) is 5.60 Å². The van der Waals surface area contributed by atoms with Crippen LogP contribution in [-0.4, -0.2) is 33.6 Å². The van der Waals surface area contributed by atoms with Gasteiger partial charge in [-0.3, -0.25) is 4.98 Å². The first-order valence-electron chi connectivity index (χ1n) is 11.5. The molecule has 0 spiro atoms. The molecular weight excluding hydrogens is 412 g/mol. The summed E-state index contributed by atoms with van der Waals surface area (Å²) in [6.45, 7) is 11.2. The van der Waals surface area contributed by atoms with Gasteiger partial charge in [0.15, 0.2) is 5.69 Å². The molecule has 0 N–H and O–H groups in total. The lowest BCUT2D eigenvalue weighted by molar-refractivity contribution is 0.0243. The van der Waals surface area contributed by atoms with Crippen LogP contribution in [-0.2, 0) is 16.9 Å². The summed E-state index contributed by atoms with van der Waals surface area (Å²) in [5.41, 5.74) is 4.78. The molecule has 0 fully saturated rings. The molecule has 1 aliphatic heterocycles. The lowest BCUT2D eigenvalue weighted by atomic mass is 9.81.